The van der Waals surface area contributed by atoms with E-state index in [0.717, 1.165) is 25.6 Å². The van der Waals surface area contributed by atoms with Crippen LogP contribution in [0.2, 0.25) is 0 Å². The first-order chi connectivity index (χ1) is 44.1. The van der Waals surface area contributed by atoms with Gasteiger partial charge in [-0.2, -0.15) is 10.5 Å². The fourth-order valence-corrected chi connectivity index (χ4v) is 9.28. The van der Waals surface area contributed by atoms with Crippen LogP contribution in [0, 0.1) is 35.8 Å². The number of amides is 2. The van der Waals surface area contributed by atoms with Crippen LogP contribution in [0.1, 0.15) is 53.4 Å². The van der Waals surface area contributed by atoms with Crippen LogP contribution in [0.15, 0.2) is 93.3 Å². The summed E-state index contributed by atoms with van der Waals surface area (Å²) in [5.41, 5.74) is 4.13. The predicted octanol–water partition coefficient (Wildman–Crippen LogP) is 9.17. The van der Waals surface area contributed by atoms with Gasteiger partial charge in [0.15, 0.2) is 0 Å². The topological polar surface area (TPSA) is 398 Å². The molecule has 6 aromatic rings. The van der Waals surface area contributed by atoms with Crippen molar-refractivity contribution in [1.29, 1.82) is 10.5 Å². The molecular weight excluding hydrogens is 1280 g/mol. The number of aromatic nitrogens is 4. The first kappa shape index (κ1) is 74.7. The Morgan fingerprint density at radius 1 is 0.598 bits per heavy atom. The SMILES string of the molecule is COS(=O)(=O)[O-].COS(=O)(=O)[O-].[C-]#[N+]CCN(CC[N+]#[C-])c1n[n+](CC)c(N=Nc2cc(OC)c(Nc3ccc(OCCOc4ccc(Nc5cc(NC(=O)CC)c(N=Nc6sc(N(CCC#N)CCC#N)n[n+]6CC)cc5OC)cc4)cc3)cc2NC(=O)CC)s1. The van der Waals surface area contributed by atoms with Crippen molar-refractivity contribution in [3.63, 3.8) is 0 Å². The highest BCUT2D eigenvalue weighted by Crippen LogP contribution is 2.41. The van der Waals surface area contributed by atoms with Crippen molar-refractivity contribution < 1.29 is 72.2 Å². The van der Waals surface area contributed by atoms with E-state index in [1.165, 1.54) is 36.9 Å². The van der Waals surface area contributed by atoms with Crippen molar-refractivity contribution in [2.24, 2.45) is 20.5 Å². The highest BCUT2D eigenvalue weighted by molar-refractivity contribution is 7.81. The number of hydrogen-bond donors (Lipinski definition) is 4. The summed E-state index contributed by atoms with van der Waals surface area (Å²) in [5, 5.41) is 60.6. The monoisotopic (exact) mass is 1340 g/mol. The summed E-state index contributed by atoms with van der Waals surface area (Å²) in [6.45, 7) is 25.6. The van der Waals surface area contributed by atoms with Crippen LogP contribution < -0.4 is 59.4 Å². The third-order valence-electron chi connectivity index (χ3n) is 11.9. The lowest BCUT2D eigenvalue weighted by Gasteiger charge is -2.17. The number of nitrogens with zero attached hydrogens (tertiary/aromatic N) is 14. The molecule has 32 nitrogen and oxygen atoms in total. The Kier molecular flexibility index (Phi) is 31.4. The minimum atomic E-state index is -4.41. The van der Waals surface area contributed by atoms with Gasteiger partial charge in [-0.05, 0) is 107 Å². The lowest BCUT2D eigenvalue weighted by molar-refractivity contribution is -0.733. The summed E-state index contributed by atoms with van der Waals surface area (Å²) < 4.78 is 88.9. The molecular formula is C56H68N18O14S4. The molecule has 0 aliphatic carbocycles. The minimum absolute atomic E-state index is 0.215. The third kappa shape index (κ3) is 25.3. The first-order valence-corrected chi connectivity index (χ1v) is 32.0. The lowest BCUT2D eigenvalue weighted by Crippen LogP contribution is -2.36. The lowest BCUT2D eigenvalue weighted by atomic mass is 10.2. The van der Waals surface area contributed by atoms with E-state index >= 15 is 0 Å². The van der Waals surface area contributed by atoms with Gasteiger partial charge in [-0.25, -0.2) is 30.0 Å². The highest BCUT2D eigenvalue weighted by Gasteiger charge is 2.26. The second-order valence-corrected chi connectivity index (χ2v) is 22.2. The molecule has 0 bridgehead atoms. The van der Waals surface area contributed by atoms with Crippen LogP contribution in [0.4, 0.5) is 66.0 Å². The number of hydrogen-bond acceptors (Lipinski definition) is 28. The van der Waals surface area contributed by atoms with Gasteiger partial charge in [0.2, 0.25) is 56.0 Å². The van der Waals surface area contributed by atoms with Crippen molar-refractivity contribution in [3.8, 4) is 35.1 Å². The molecule has 6 rings (SSSR count). The van der Waals surface area contributed by atoms with Crippen molar-refractivity contribution in [2.75, 3.05) is 112 Å². The van der Waals surface area contributed by atoms with E-state index in [0.29, 0.717) is 117 Å². The van der Waals surface area contributed by atoms with Gasteiger partial charge in [0, 0.05) is 49.4 Å². The largest absolute Gasteiger partial charge is 0.726 e. The summed E-state index contributed by atoms with van der Waals surface area (Å²) in [6, 6.07) is 25.8. The summed E-state index contributed by atoms with van der Waals surface area (Å²) in [6.07, 6.45) is 1.03. The second-order valence-electron chi connectivity index (χ2n) is 18.0. The number of azo groups is 2. The molecule has 4 N–H and O–H groups in total. The molecule has 490 valence electrons. The maximum atomic E-state index is 12.7. The summed E-state index contributed by atoms with van der Waals surface area (Å²) in [4.78, 5) is 36.1. The summed E-state index contributed by atoms with van der Waals surface area (Å²) in [7, 11) is -4.13. The number of rotatable bonds is 33. The molecule has 2 heterocycles. The quantitative estimate of drug-likeness (QED) is 0.00744. The molecule has 0 fully saturated rings. The van der Waals surface area contributed by atoms with Crippen molar-refractivity contribution >= 4 is 121 Å². The number of ether oxygens (including phenoxy) is 4. The zero-order valence-corrected chi connectivity index (χ0v) is 54.7. The van der Waals surface area contributed by atoms with Crippen molar-refractivity contribution in [2.45, 2.75) is 66.5 Å². The van der Waals surface area contributed by atoms with Gasteiger partial charge in [0.05, 0.1) is 99.5 Å². The number of carbonyl (C=O) groups excluding carboxylic acids is 2. The van der Waals surface area contributed by atoms with Gasteiger partial charge in [0.25, 0.3) is 0 Å². The van der Waals surface area contributed by atoms with Gasteiger partial charge in [-0.15, -0.1) is 9.36 Å². The van der Waals surface area contributed by atoms with E-state index in [2.05, 4.69) is 82.1 Å². The van der Waals surface area contributed by atoms with Crippen LogP contribution >= 0.6 is 22.7 Å². The van der Waals surface area contributed by atoms with Crippen LogP contribution in [0.3, 0.4) is 0 Å². The van der Waals surface area contributed by atoms with E-state index in [1.54, 1.807) is 47.5 Å². The zero-order valence-electron chi connectivity index (χ0n) is 51.4. The van der Waals surface area contributed by atoms with Gasteiger partial charge >= 0.3 is 10.3 Å². The normalized spacial score (nSPS) is 10.9. The Balaban J connectivity index is 0.00000137. The molecule has 4 aromatic carbocycles. The molecule has 36 heteroatoms. The molecule has 2 amide bonds. The first-order valence-electron chi connectivity index (χ1n) is 27.7. The Bertz CT molecular complexity index is 3580. The molecule has 92 heavy (non-hydrogen) atoms. The molecule has 0 spiro atoms. The number of benzene rings is 4. The number of nitrogens with one attached hydrogen (secondary N) is 4. The zero-order chi connectivity index (χ0) is 67.6. The maximum absolute atomic E-state index is 12.7. The number of carbonyl (C=O) groups is 2. The Morgan fingerprint density at radius 3 is 1.26 bits per heavy atom. The van der Waals surface area contributed by atoms with E-state index in [-0.39, 0.29) is 63.8 Å². The summed E-state index contributed by atoms with van der Waals surface area (Å²) in [5.74, 6) is 1.71. The molecule has 0 radical (unpaired) electrons. The number of methoxy groups -OCH3 is 2. The van der Waals surface area contributed by atoms with E-state index in [1.807, 2.05) is 72.2 Å². The summed E-state index contributed by atoms with van der Waals surface area (Å²) >= 11 is 2.59. The van der Waals surface area contributed by atoms with Gasteiger partial charge in [-0.3, -0.25) is 18.0 Å². The fraction of sp³-hybridized carbons (Fsp3) is 0.393. The van der Waals surface area contributed by atoms with E-state index in [9.17, 15) is 46.1 Å². The minimum Gasteiger partial charge on any atom is -0.726 e. The molecule has 0 atom stereocenters. The molecule has 0 saturated carbocycles. The Labute approximate surface area is 541 Å². The van der Waals surface area contributed by atoms with Crippen LogP contribution in [-0.2, 0) is 51.8 Å². The Morgan fingerprint density at radius 2 is 0.957 bits per heavy atom. The Hall–Kier alpha value is -9.76. The van der Waals surface area contributed by atoms with Crippen molar-refractivity contribution in [1.82, 2.24) is 10.2 Å². The van der Waals surface area contributed by atoms with E-state index < -0.39 is 20.8 Å². The van der Waals surface area contributed by atoms with Gasteiger partial charge in [0.1, 0.15) is 60.7 Å². The molecule has 0 saturated heterocycles. The van der Waals surface area contributed by atoms with Crippen LogP contribution in [0.25, 0.3) is 9.69 Å². The average Bonchev–Trinajstić information content (AvgIpc) is 1.23. The number of nitriles is 2. The number of anilines is 8. The van der Waals surface area contributed by atoms with Gasteiger partial charge < -0.3 is 68.8 Å². The van der Waals surface area contributed by atoms with Crippen molar-refractivity contribution in [3.05, 3.63) is 95.6 Å². The van der Waals surface area contributed by atoms with Gasteiger partial charge in [-0.1, -0.05) is 24.0 Å². The smallest absolute Gasteiger partial charge is 0.432 e. The highest BCUT2D eigenvalue weighted by atomic mass is 32.3. The molecule has 2 aromatic heterocycles. The predicted molar refractivity (Wildman–Crippen MR) is 340 cm³/mol. The van der Waals surface area contributed by atoms with Crippen LogP contribution in [0.5, 0.6) is 23.0 Å². The third-order valence-corrected chi connectivity index (χ3v) is 14.7. The molecule has 0 aliphatic heterocycles. The maximum Gasteiger partial charge on any atom is 0.432 e. The van der Waals surface area contributed by atoms with E-state index in [4.69, 9.17) is 32.1 Å². The fourth-order valence-electron chi connectivity index (χ4n) is 7.34. The molecule has 0 aliphatic rings. The number of aryl methyl sites for hydroxylation is 2. The average molecular weight is 1350 g/mol. The van der Waals surface area contributed by atoms with Crippen LogP contribution in [-0.4, -0.2) is 129 Å². The second kappa shape index (κ2) is 38.7. The standard InChI is InChI=1S/C54H60N18O6S2.2CH4O4S/c1-9-49(73)61-41-33-45(47(75-7)35-43(41)63-65-51-71(11-3)67-53(79-51)69(27-13-23-55)28-14-24-56)59-37-15-19-39(20-16-37)77-31-32-78-40-21-17-38(18-22-40)60-46-34-42(62-50(74)10-2)44(36-48(46)76-8)64-66-52-72(12-4)68-54(80-52)70(29-25-57-5)30-26-58-6;2*1-5-6(2,3)4/h15-22,33-36H,9-14,25-32H2,1-4,7-8H3,(H2,59,60,61,62,73,74);2*1H3,(H,2,3,4). The molecule has 0 unspecified atom stereocenters.